The lowest BCUT2D eigenvalue weighted by Gasteiger charge is -2.20. The van der Waals surface area contributed by atoms with Gasteiger partial charge in [-0.3, -0.25) is 14.4 Å². The minimum atomic E-state index is -1.03. The molecule has 2 amide bonds. The Hall–Kier alpha value is -4.79. The van der Waals surface area contributed by atoms with Crippen molar-refractivity contribution in [1.29, 1.82) is 0 Å². The van der Waals surface area contributed by atoms with Crippen LogP contribution in [0, 0.1) is 0 Å². The number of aliphatic carboxylic acids is 1. The molecule has 39 heavy (non-hydrogen) atoms. The first-order valence-corrected chi connectivity index (χ1v) is 12.6. The Bertz CT molecular complexity index is 1230. The number of hydrogen-bond acceptors (Lipinski definition) is 6. The highest BCUT2D eigenvalue weighted by Gasteiger charge is 2.19. The molecule has 4 N–H and O–H groups in total. The highest BCUT2D eigenvalue weighted by Crippen LogP contribution is 2.17. The van der Waals surface area contributed by atoms with Gasteiger partial charge < -0.3 is 30.5 Å². The zero-order chi connectivity index (χ0) is 27.9. The van der Waals surface area contributed by atoms with Crippen LogP contribution in [-0.2, 0) is 20.8 Å². The van der Waals surface area contributed by atoms with E-state index in [1.165, 1.54) is 6.08 Å². The molecule has 0 saturated heterocycles. The molecule has 0 spiro atoms. The summed E-state index contributed by atoms with van der Waals surface area (Å²) >= 11 is 0. The van der Waals surface area contributed by atoms with Crippen molar-refractivity contribution in [3.8, 4) is 11.5 Å². The van der Waals surface area contributed by atoms with Crippen molar-refractivity contribution in [1.82, 2.24) is 10.6 Å². The lowest BCUT2D eigenvalue weighted by atomic mass is 10.1. The fourth-order valence-corrected chi connectivity index (χ4v) is 3.55. The van der Waals surface area contributed by atoms with Gasteiger partial charge in [-0.25, -0.2) is 0 Å². The van der Waals surface area contributed by atoms with Gasteiger partial charge in [-0.1, -0.05) is 42.5 Å². The summed E-state index contributed by atoms with van der Waals surface area (Å²) in [6.45, 7) is 0.657. The zero-order valence-electron chi connectivity index (χ0n) is 21.8. The van der Waals surface area contributed by atoms with Crippen molar-refractivity contribution < 1.29 is 29.0 Å². The Balaban J connectivity index is 1.60. The number of carboxylic acid groups (broad SMARTS) is 1. The summed E-state index contributed by atoms with van der Waals surface area (Å²) in [5.41, 5.74) is 2.49. The van der Waals surface area contributed by atoms with Gasteiger partial charge in [0.05, 0.1) is 13.7 Å². The maximum Gasteiger partial charge on any atom is 0.303 e. The highest BCUT2D eigenvalue weighted by atomic mass is 16.5. The number of rotatable bonds is 15. The summed E-state index contributed by atoms with van der Waals surface area (Å²) < 4.78 is 10.7. The first-order valence-electron chi connectivity index (χ1n) is 12.6. The standard InChI is InChI=1S/C30H33N3O6/c1-38-25-14-9-23(10-15-25)19-20-31-30(37)29(33-27(34)18-11-22-6-3-2-4-7-22)32-24-12-16-26(17-13-24)39-21-5-8-28(35)36/h2-4,6-7,9-18,29,32H,5,8,19-21H2,1H3,(H,31,37)(H,33,34)(H,35,36). The molecule has 0 aliphatic heterocycles. The summed E-state index contributed by atoms with van der Waals surface area (Å²) in [7, 11) is 1.61. The van der Waals surface area contributed by atoms with Crippen molar-refractivity contribution in [2.24, 2.45) is 0 Å². The van der Waals surface area contributed by atoms with Crippen molar-refractivity contribution in [3.63, 3.8) is 0 Å². The first-order chi connectivity index (χ1) is 18.9. The van der Waals surface area contributed by atoms with Crippen molar-refractivity contribution >= 4 is 29.5 Å². The first kappa shape index (κ1) is 28.8. The Morgan fingerprint density at radius 3 is 2.28 bits per heavy atom. The van der Waals surface area contributed by atoms with Crippen LogP contribution in [0.25, 0.3) is 6.08 Å². The van der Waals surface area contributed by atoms with Gasteiger partial charge in [0.15, 0.2) is 6.17 Å². The van der Waals surface area contributed by atoms with Crippen molar-refractivity contribution in [2.45, 2.75) is 25.4 Å². The number of benzene rings is 3. The molecular weight excluding hydrogens is 498 g/mol. The predicted octanol–water partition coefficient (Wildman–Crippen LogP) is 3.87. The SMILES string of the molecule is COc1ccc(CCNC(=O)C(NC(=O)C=Cc2ccccc2)Nc2ccc(OCCCC(=O)O)cc2)cc1. The van der Waals surface area contributed by atoms with E-state index in [0.717, 1.165) is 16.9 Å². The van der Waals surface area contributed by atoms with Crippen LogP contribution in [0.2, 0.25) is 0 Å². The maximum atomic E-state index is 13.0. The molecule has 1 atom stereocenters. The van der Waals surface area contributed by atoms with Gasteiger partial charge in [-0.2, -0.15) is 0 Å². The second kappa shape index (κ2) is 15.5. The Morgan fingerprint density at radius 1 is 0.923 bits per heavy atom. The van der Waals surface area contributed by atoms with Gasteiger partial charge in [0.1, 0.15) is 11.5 Å². The van der Waals surface area contributed by atoms with Crippen LogP contribution in [-0.4, -0.2) is 49.3 Å². The molecule has 9 heteroatoms. The lowest BCUT2D eigenvalue weighted by Crippen LogP contribution is -2.51. The number of carbonyl (C=O) groups excluding carboxylic acids is 2. The second-order valence-electron chi connectivity index (χ2n) is 8.59. The normalized spacial score (nSPS) is 11.4. The molecule has 3 aromatic carbocycles. The van der Waals surface area contributed by atoms with Crippen LogP contribution < -0.4 is 25.4 Å². The molecule has 0 radical (unpaired) electrons. The Kier molecular flexibility index (Phi) is 11.4. The summed E-state index contributed by atoms with van der Waals surface area (Å²) in [6, 6.07) is 23.8. The number of anilines is 1. The fourth-order valence-electron chi connectivity index (χ4n) is 3.55. The van der Waals surface area contributed by atoms with Crippen LogP contribution in [0.3, 0.4) is 0 Å². The third kappa shape index (κ3) is 10.6. The summed E-state index contributed by atoms with van der Waals surface area (Å²) in [5.74, 6) is -0.359. The van der Waals surface area contributed by atoms with Crippen LogP contribution in [0.5, 0.6) is 11.5 Å². The molecule has 204 valence electrons. The molecule has 1 unspecified atom stereocenters. The molecule has 0 aliphatic carbocycles. The zero-order valence-corrected chi connectivity index (χ0v) is 21.8. The van der Waals surface area contributed by atoms with Gasteiger partial charge in [0.25, 0.3) is 5.91 Å². The molecular formula is C30H33N3O6. The van der Waals surface area contributed by atoms with Crippen molar-refractivity contribution in [3.05, 3.63) is 96.1 Å². The number of carbonyl (C=O) groups is 3. The predicted molar refractivity (Wildman–Crippen MR) is 150 cm³/mol. The molecule has 0 bridgehead atoms. The molecule has 3 rings (SSSR count). The van der Waals surface area contributed by atoms with E-state index in [0.29, 0.717) is 30.8 Å². The molecule has 0 saturated carbocycles. The van der Waals surface area contributed by atoms with Crippen LogP contribution in [0.15, 0.2) is 84.9 Å². The van der Waals surface area contributed by atoms with E-state index in [9.17, 15) is 14.4 Å². The molecule has 0 aromatic heterocycles. The number of nitrogens with one attached hydrogen (secondary N) is 3. The van der Waals surface area contributed by atoms with Gasteiger partial charge in [-0.05, 0) is 66.4 Å². The van der Waals surface area contributed by atoms with E-state index in [1.54, 1.807) is 37.5 Å². The van der Waals surface area contributed by atoms with Gasteiger partial charge in [-0.15, -0.1) is 0 Å². The minimum Gasteiger partial charge on any atom is -0.497 e. The number of ether oxygens (including phenoxy) is 2. The van der Waals surface area contributed by atoms with E-state index in [2.05, 4.69) is 16.0 Å². The lowest BCUT2D eigenvalue weighted by molar-refractivity contribution is -0.137. The number of carboxylic acids is 1. The molecule has 0 fully saturated rings. The fraction of sp³-hybridized carbons (Fsp3) is 0.233. The quantitative estimate of drug-likeness (QED) is 0.133. The highest BCUT2D eigenvalue weighted by molar-refractivity contribution is 5.96. The second-order valence-corrected chi connectivity index (χ2v) is 8.59. The Morgan fingerprint density at radius 2 is 1.62 bits per heavy atom. The van der Waals surface area contributed by atoms with Gasteiger partial charge in [0, 0.05) is 24.7 Å². The number of hydrogen-bond donors (Lipinski definition) is 4. The van der Waals surface area contributed by atoms with Crippen LogP contribution in [0.4, 0.5) is 5.69 Å². The average molecular weight is 532 g/mol. The third-order valence-electron chi connectivity index (χ3n) is 5.62. The van der Waals surface area contributed by atoms with Crippen molar-refractivity contribution in [2.75, 3.05) is 25.6 Å². The minimum absolute atomic E-state index is 0.0350. The molecule has 3 aromatic rings. The van der Waals surface area contributed by atoms with E-state index >= 15 is 0 Å². The van der Waals surface area contributed by atoms with Crippen LogP contribution in [0.1, 0.15) is 24.0 Å². The number of methoxy groups -OCH3 is 1. The third-order valence-corrected chi connectivity index (χ3v) is 5.62. The van der Waals surface area contributed by atoms with Crippen LogP contribution >= 0.6 is 0 Å². The van der Waals surface area contributed by atoms with E-state index in [4.69, 9.17) is 14.6 Å². The summed E-state index contributed by atoms with van der Waals surface area (Å²) in [6.07, 6.45) is 3.06. The van der Waals surface area contributed by atoms with E-state index in [-0.39, 0.29) is 18.9 Å². The monoisotopic (exact) mass is 531 g/mol. The molecule has 0 heterocycles. The van der Waals surface area contributed by atoms with Gasteiger partial charge >= 0.3 is 5.97 Å². The average Bonchev–Trinajstić information content (AvgIpc) is 2.95. The van der Waals surface area contributed by atoms with Gasteiger partial charge in [0.2, 0.25) is 5.91 Å². The largest absolute Gasteiger partial charge is 0.497 e. The topological polar surface area (TPSA) is 126 Å². The number of amides is 2. The Labute approximate surface area is 227 Å². The molecule has 0 aliphatic rings. The van der Waals surface area contributed by atoms with E-state index in [1.807, 2.05) is 54.6 Å². The summed E-state index contributed by atoms with van der Waals surface area (Å²) in [4.78, 5) is 36.3. The summed E-state index contributed by atoms with van der Waals surface area (Å²) in [5, 5.41) is 17.4. The molecule has 9 nitrogen and oxygen atoms in total. The maximum absolute atomic E-state index is 13.0. The smallest absolute Gasteiger partial charge is 0.303 e. The van der Waals surface area contributed by atoms with E-state index < -0.39 is 18.0 Å².